The maximum absolute atomic E-state index is 12.4. The lowest BCUT2D eigenvalue weighted by Gasteiger charge is -2.19. The van der Waals surface area contributed by atoms with Crippen LogP contribution in [0.2, 0.25) is 0 Å². The van der Waals surface area contributed by atoms with E-state index in [-0.39, 0.29) is 0 Å². The monoisotopic (exact) mass is 416 g/mol. The van der Waals surface area contributed by atoms with E-state index in [1.807, 2.05) is 0 Å². The first-order valence-corrected chi connectivity index (χ1v) is 7.09. The summed E-state index contributed by atoms with van der Waals surface area (Å²) in [7, 11) is 2.14. The number of likely N-dealkylation sites (N-methyl/N-ethyl adjacent to an activating group) is 2. The van der Waals surface area contributed by atoms with Crippen molar-refractivity contribution in [2.75, 3.05) is 14.1 Å². The predicted octanol–water partition coefficient (Wildman–Crippen LogP) is 1.11. The van der Waals surface area contributed by atoms with Gasteiger partial charge in [-0.15, -0.1) is 0 Å². The molecule has 2 aromatic heterocycles. The minimum absolute atomic E-state index is 0.578. The van der Waals surface area contributed by atoms with E-state index in [1.165, 1.54) is 0 Å². The van der Waals surface area contributed by atoms with Crippen LogP contribution in [0, 0.1) is 0 Å². The molecule has 0 fully saturated rings. The fraction of sp³-hybridized carbons (Fsp3) is 0.500. The second-order valence-electron chi connectivity index (χ2n) is 5.34. The lowest BCUT2D eigenvalue weighted by molar-refractivity contribution is -0.151. The first-order chi connectivity index (χ1) is 12.8. The Bertz CT molecular complexity index is 789. The molecule has 2 amide bonds. The third-order valence-electron chi connectivity index (χ3n) is 3.06. The van der Waals surface area contributed by atoms with Crippen molar-refractivity contribution in [1.82, 2.24) is 30.1 Å². The fourth-order valence-corrected chi connectivity index (χ4v) is 1.74. The minimum atomic E-state index is -4.85. The Balaban J connectivity index is 1.97. The summed E-state index contributed by atoms with van der Waals surface area (Å²) in [5, 5.41) is 5.39. The van der Waals surface area contributed by atoms with Crippen LogP contribution in [-0.4, -0.2) is 56.0 Å². The minimum Gasteiger partial charge on any atom is -0.337 e. The van der Waals surface area contributed by atoms with Gasteiger partial charge in [0.05, 0.1) is 0 Å². The number of rotatable bonds is 4. The van der Waals surface area contributed by atoms with E-state index in [0.29, 0.717) is 9.80 Å². The van der Waals surface area contributed by atoms with E-state index in [1.54, 1.807) is 0 Å². The number of hydrogen-bond acceptors (Lipinski definition) is 8. The van der Waals surface area contributed by atoms with Crippen molar-refractivity contribution in [3.8, 4) is 0 Å². The molecule has 0 aromatic carbocycles. The number of aromatic nitrogens is 4. The molecule has 2 aromatic rings. The molecule has 0 N–H and O–H groups in total. The summed E-state index contributed by atoms with van der Waals surface area (Å²) in [4.78, 5) is 31.5. The molecule has 0 atom stereocenters. The largest absolute Gasteiger partial charge is 0.455 e. The zero-order valence-corrected chi connectivity index (χ0v) is 14.0. The zero-order valence-electron chi connectivity index (χ0n) is 14.0. The Labute approximate surface area is 151 Å². The van der Waals surface area contributed by atoms with Gasteiger partial charge in [-0.2, -0.15) is 36.3 Å². The highest BCUT2D eigenvalue weighted by molar-refractivity contribution is 6.34. The van der Waals surface area contributed by atoms with E-state index in [2.05, 4.69) is 29.3 Å². The molecule has 16 heteroatoms. The van der Waals surface area contributed by atoms with Crippen molar-refractivity contribution in [2.45, 2.75) is 25.4 Å². The van der Waals surface area contributed by atoms with E-state index in [4.69, 9.17) is 0 Å². The van der Waals surface area contributed by atoms with Gasteiger partial charge in [0.25, 0.3) is 11.6 Å². The van der Waals surface area contributed by atoms with Gasteiger partial charge in [-0.05, 0) is 0 Å². The van der Waals surface area contributed by atoms with Crippen molar-refractivity contribution in [2.24, 2.45) is 0 Å². The molecule has 0 aliphatic rings. The normalized spacial score (nSPS) is 12.1. The van der Waals surface area contributed by atoms with Gasteiger partial charge in [0.2, 0.25) is 11.8 Å². The van der Waals surface area contributed by atoms with Gasteiger partial charge >= 0.3 is 24.2 Å². The number of carbonyl (C=O) groups is 2. The van der Waals surface area contributed by atoms with Crippen LogP contribution in [0.5, 0.6) is 0 Å². The van der Waals surface area contributed by atoms with Crippen LogP contribution in [0.3, 0.4) is 0 Å². The lowest BCUT2D eigenvalue weighted by Crippen LogP contribution is -2.41. The van der Waals surface area contributed by atoms with E-state index in [0.717, 1.165) is 14.1 Å². The summed E-state index contributed by atoms with van der Waals surface area (Å²) in [6.45, 7) is -1.22. The summed E-state index contributed by atoms with van der Waals surface area (Å²) >= 11 is 0. The van der Waals surface area contributed by atoms with E-state index in [9.17, 15) is 35.9 Å². The summed E-state index contributed by atoms with van der Waals surface area (Å²) in [5.41, 5.74) is 0. The van der Waals surface area contributed by atoms with E-state index >= 15 is 0 Å². The summed E-state index contributed by atoms with van der Waals surface area (Å²) in [6, 6.07) is 0. The molecule has 0 spiro atoms. The SMILES string of the molecule is CN(Cc1nc(C(F)(F)F)no1)C(=O)C(=O)N(C)Cc1nc(C(F)(F)F)no1. The average Bonchev–Trinajstić information content (AvgIpc) is 3.21. The molecular formula is C12H10F6N6O4. The van der Waals surface area contributed by atoms with Crippen molar-refractivity contribution in [3.05, 3.63) is 23.4 Å². The Hall–Kier alpha value is -3.20. The molecule has 2 rings (SSSR count). The number of amides is 2. The Morgan fingerprint density at radius 1 is 0.786 bits per heavy atom. The van der Waals surface area contributed by atoms with Gasteiger partial charge in [0.15, 0.2) is 0 Å². The van der Waals surface area contributed by atoms with Crippen molar-refractivity contribution in [3.63, 3.8) is 0 Å². The topological polar surface area (TPSA) is 118 Å². The second kappa shape index (κ2) is 7.43. The van der Waals surface area contributed by atoms with Crippen LogP contribution in [0.15, 0.2) is 9.05 Å². The molecule has 28 heavy (non-hydrogen) atoms. The predicted molar refractivity (Wildman–Crippen MR) is 71.5 cm³/mol. The van der Waals surface area contributed by atoms with Crippen LogP contribution < -0.4 is 0 Å². The number of halogens is 6. The van der Waals surface area contributed by atoms with Crippen molar-refractivity contribution >= 4 is 11.8 Å². The second-order valence-corrected chi connectivity index (χ2v) is 5.34. The number of nitrogens with zero attached hydrogens (tertiary/aromatic N) is 6. The van der Waals surface area contributed by atoms with Gasteiger partial charge in [-0.25, -0.2) is 0 Å². The molecule has 0 radical (unpaired) electrons. The van der Waals surface area contributed by atoms with E-state index < -0.39 is 60.7 Å². The first kappa shape index (κ1) is 21.1. The summed E-state index contributed by atoms with van der Waals surface area (Å²) < 4.78 is 83.1. The highest BCUT2D eigenvalue weighted by Crippen LogP contribution is 2.27. The van der Waals surface area contributed by atoms with Gasteiger partial charge in [-0.1, -0.05) is 10.3 Å². The molecule has 2 heterocycles. The molecule has 154 valence electrons. The highest BCUT2D eigenvalue weighted by atomic mass is 19.4. The third kappa shape index (κ3) is 4.95. The number of carbonyl (C=O) groups excluding carboxylic acids is 2. The van der Waals surface area contributed by atoms with Crippen molar-refractivity contribution in [1.29, 1.82) is 0 Å². The van der Waals surface area contributed by atoms with Crippen LogP contribution in [-0.2, 0) is 35.0 Å². The molecule has 10 nitrogen and oxygen atoms in total. The lowest BCUT2D eigenvalue weighted by atomic mass is 10.4. The molecule has 0 saturated carbocycles. The van der Waals surface area contributed by atoms with Crippen LogP contribution in [0.25, 0.3) is 0 Å². The van der Waals surface area contributed by atoms with Gasteiger partial charge in [0, 0.05) is 14.1 Å². The molecule has 0 bridgehead atoms. The van der Waals surface area contributed by atoms with Crippen LogP contribution >= 0.6 is 0 Å². The molecule has 0 aliphatic carbocycles. The molecular weight excluding hydrogens is 406 g/mol. The number of hydrogen-bond donors (Lipinski definition) is 0. The van der Waals surface area contributed by atoms with Crippen LogP contribution in [0.4, 0.5) is 26.3 Å². The smallest absolute Gasteiger partial charge is 0.337 e. The Morgan fingerprint density at radius 2 is 1.11 bits per heavy atom. The quantitative estimate of drug-likeness (QED) is 0.537. The maximum atomic E-state index is 12.4. The zero-order chi connectivity index (χ0) is 21.3. The maximum Gasteiger partial charge on any atom is 0.455 e. The molecule has 0 aliphatic heterocycles. The average molecular weight is 416 g/mol. The van der Waals surface area contributed by atoms with Gasteiger partial charge in [-0.3, -0.25) is 9.59 Å². The highest BCUT2D eigenvalue weighted by Gasteiger charge is 2.38. The molecule has 0 unspecified atom stereocenters. The molecule has 0 saturated heterocycles. The van der Waals surface area contributed by atoms with Gasteiger partial charge in [0.1, 0.15) is 13.1 Å². The van der Waals surface area contributed by atoms with Gasteiger partial charge < -0.3 is 18.8 Å². The van der Waals surface area contributed by atoms with Crippen molar-refractivity contribution < 1.29 is 45.0 Å². The Kier molecular flexibility index (Phi) is 5.60. The summed E-state index contributed by atoms with van der Waals surface area (Å²) in [6.07, 6.45) is -9.70. The standard InChI is InChI=1S/C12H10F6N6O4/c1-23(3-5-19-9(21-27-5)11(13,14)15)7(25)8(26)24(2)4-6-20-10(22-28-6)12(16,17)18/h3-4H2,1-2H3. The Morgan fingerprint density at radius 3 is 1.36 bits per heavy atom. The van der Waals surface area contributed by atoms with Crippen LogP contribution in [0.1, 0.15) is 23.4 Å². The first-order valence-electron chi connectivity index (χ1n) is 7.09. The fourth-order valence-electron chi connectivity index (χ4n) is 1.74. The number of alkyl halides is 6. The summed E-state index contributed by atoms with van der Waals surface area (Å²) in [5.74, 6) is -6.67. The third-order valence-corrected chi connectivity index (χ3v) is 3.06.